The first kappa shape index (κ1) is 35.4. The van der Waals surface area contributed by atoms with Crippen molar-refractivity contribution in [3.8, 4) is 0 Å². The molecular formula is C30H58N4O5Si3. The van der Waals surface area contributed by atoms with Crippen LogP contribution in [-0.2, 0) is 23.8 Å². The number of nitrogens with zero attached hydrogens (tertiary/aromatic N) is 3. The number of nitrogen functional groups attached to an aromatic ring is 1. The summed E-state index contributed by atoms with van der Waals surface area (Å²) in [7, 11) is -6.43. The van der Waals surface area contributed by atoms with Crippen molar-refractivity contribution in [2.24, 2.45) is 0 Å². The zero-order valence-electron chi connectivity index (χ0n) is 28.0. The third-order valence-corrected chi connectivity index (χ3v) is 24.9. The Labute approximate surface area is 257 Å². The summed E-state index contributed by atoms with van der Waals surface area (Å²) in [5, 5.41) is 17.5. The number of aliphatic hydroxyl groups is 1. The van der Waals surface area contributed by atoms with E-state index in [1.165, 1.54) is 6.33 Å². The molecule has 9 nitrogen and oxygen atoms in total. The summed E-state index contributed by atoms with van der Waals surface area (Å²) in [6.07, 6.45) is 0.370. The monoisotopic (exact) mass is 638 g/mol. The lowest BCUT2D eigenvalue weighted by Crippen LogP contribution is -2.63. The van der Waals surface area contributed by atoms with Crippen LogP contribution < -0.4 is 5.73 Å². The van der Waals surface area contributed by atoms with Gasteiger partial charge in [0.1, 0.15) is 35.3 Å². The third-order valence-electron chi connectivity index (χ3n) is 10.9. The maximum absolute atomic E-state index is 13.0. The molecule has 4 atom stereocenters. The van der Waals surface area contributed by atoms with E-state index in [1.54, 1.807) is 4.52 Å². The molecule has 1 saturated heterocycles. The molecule has 12 heteroatoms. The summed E-state index contributed by atoms with van der Waals surface area (Å²) in [6, 6.07) is 12.5. The van der Waals surface area contributed by atoms with Crippen LogP contribution >= 0.6 is 0 Å². The smallest absolute Gasteiger partial charge is 0.241 e. The first-order chi connectivity index (χ1) is 19.9. The van der Waals surface area contributed by atoms with E-state index >= 15 is 0 Å². The number of nitrogens with two attached hydrogens (primary N) is 1. The Morgan fingerprint density at radius 3 is 1.88 bits per heavy atom. The van der Waals surface area contributed by atoms with E-state index < -0.39 is 48.5 Å². The standard InChI is InChI=1S/C30H58N4O5Si3/c1-11-40(12-2,13-3)36-22-25-27(38-41(14-4,15-5)16-6)29(10,39-42(17-7,18-8)19-9)30(35,37-25)26-21-20-24-28(31)32-23-33-34(24)26/h20-21,23,25,27,35H,11-19,22H2,1-10H3,(H2,31,32,33)/t25-,27-,29-,30?/m1/s1. The predicted octanol–water partition coefficient (Wildman–Crippen LogP) is 7.05. The molecule has 0 bridgehead atoms. The third kappa shape index (κ3) is 6.07. The highest BCUT2D eigenvalue weighted by Crippen LogP contribution is 2.53. The second-order valence-electron chi connectivity index (χ2n) is 12.3. The van der Waals surface area contributed by atoms with Gasteiger partial charge < -0.3 is 28.9 Å². The van der Waals surface area contributed by atoms with E-state index in [-0.39, 0.29) is 0 Å². The topological polar surface area (TPSA) is 113 Å². The van der Waals surface area contributed by atoms with Gasteiger partial charge >= 0.3 is 0 Å². The van der Waals surface area contributed by atoms with Gasteiger partial charge in [-0.3, -0.25) is 0 Å². The highest BCUT2D eigenvalue weighted by Gasteiger charge is 2.69. The largest absolute Gasteiger partial charge is 0.414 e. The fourth-order valence-electron chi connectivity index (χ4n) is 6.91. The van der Waals surface area contributed by atoms with Gasteiger partial charge in [0.15, 0.2) is 30.8 Å². The molecule has 240 valence electrons. The summed E-state index contributed by atoms with van der Waals surface area (Å²) < 4.78 is 30.2. The van der Waals surface area contributed by atoms with E-state index in [2.05, 4.69) is 72.4 Å². The van der Waals surface area contributed by atoms with Crippen LogP contribution in [0.25, 0.3) is 5.52 Å². The van der Waals surface area contributed by atoms with Gasteiger partial charge in [0, 0.05) is 0 Å². The molecule has 3 heterocycles. The molecule has 1 fully saturated rings. The van der Waals surface area contributed by atoms with Crippen LogP contribution in [0.15, 0.2) is 18.5 Å². The van der Waals surface area contributed by atoms with E-state index in [0.29, 0.717) is 23.6 Å². The molecule has 2 aromatic rings. The van der Waals surface area contributed by atoms with E-state index in [0.717, 1.165) is 54.4 Å². The molecule has 0 aliphatic carbocycles. The van der Waals surface area contributed by atoms with Crippen molar-refractivity contribution < 1.29 is 23.1 Å². The summed E-state index contributed by atoms with van der Waals surface area (Å²) in [4.78, 5) is 4.17. The molecule has 1 aliphatic heterocycles. The van der Waals surface area contributed by atoms with Crippen LogP contribution in [0.3, 0.4) is 0 Å². The number of anilines is 1. The van der Waals surface area contributed by atoms with Crippen molar-refractivity contribution in [1.29, 1.82) is 0 Å². The van der Waals surface area contributed by atoms with Crippen LogP contribution in [0.2, 0.25) is 54.4 Å². The Kier molecular flexibility index (Phi) is 11.7. The lowest BCUT2D eigenvalue weighted by molar-refractivity contribution is -0.270. The summed E-state index contributed by atoms with van der Waals surface area (Å²) >= 11 is 0. The van der Waals surface area contributed by atoms with Gasteiger partial charge in [-0.15, -0.1) is 0 Å². The van der Waals surface area contributed by atoms with E-state index in [9.17, 15) is 5.11 Å². The Bertz CT molecular complexity index is 1130. The van der Waals surface area contributed by atoms with Crippen LogP contribution in [0.1, 0.15) is 74.9 Å². The molecule has 3 rings (SSSR count). The number of hydrogen-bond donors (Lipinski definition) is 2. The molecule has 0 radical (unpaired) electrons. The molecule has 1 unspecified atom stereocenters. The number of hydrogen-bond acceptors (Lipinski definition) is 8. The van der Waals surface area contributed by atoms with Crippen LogP contribution in [0, 0.1) is 0 Å². The summed E-state index contributed by atoms with van der Waals surface area (Å²) in [5.74, 6) is -1.52. The number of ether oxygens (including phenoxy) is 1. The van der Waals surface area contributed by atoms with Gasteiger partial charge in [-0.05, 0) is 73.5 Å². The number of rotatable bonds is 17. The minimum Gasteiger partial charge on any atom is -0.414 e. The Balaban J connectivity index is 2.29. The molecule has 0 spiro atoms. The maximum atomic E-state index is 13.0. The van der Waals surface area contributed by atoms with Gasteiger partial charge in [0.2, 0.25) is 5.79 Å². The van der Waals surface area contributed by atoms with Gasteiger partial charge in [-0.2, -0.15) is 5.10 Å². The van der Waals surface area contributed by atoms with Crippen molar-refractivity contribution in [3.63, 3.8) is 0 Å². The molecule has 1 aliphatic rings. The van der Waals surface area contributed by atoms with Gasteiger partial charge in [0.05, 0.1) is 6.61 Å². The Hall–Kier alpha value is -1.13. The number of fused-ring (bicyclic) bond motifs is 1. The second kappa shape index (κ2) is 13.9. The molecule has 42 heavy (non-hydrogen) atoms. The SMILES string of the molecule is CC[Si](CC)(CC)OC[C@H]1OC(O)(c2ccc3c(N)ncnn23)[C@](C)(O[Si](CC)(CC)CC)[C@@H]1O[Si](CC)(CC)CC. The van der Waals surface area contributed by atoms with Gasteiger partial charge in [-0.1, -0.05) is 62.3 Å². The highest BCUT2D eigenvalue weighted by atomic mass is 28.4. The quantitative estimate of drug-likeness (QED) is 0.177. The maximum Gasteiger partial charge on any atom is 0.241 e. The minimum absolute atomic E-state index is 0.339. The molecule has 0 aromatic carbocycles. The van der Waals surface area contributed by atoms with Crippen molar-refractivity contribution in [3.05, 3.63) is 24.2 Å². The Morgan fingerprint density at radius 2 is 1.38 bits per heavy atom. The van der Waals surface area contributed by atoms with Gasteiger partial charge in [0.25, 0.3) is 0 Å². The molecule has 0 amide bonds. The zero-order chi connectivity index (χ0) is 31.4. The summed E-state index contributed by atoms with van der Waals surface area (Å²) in [5.41, 5.74) is 6.10. The summed E-state index contributed by atoms with van der Waals surface area (Å²) in [6.45, 7) is 22.4. The first-order valence-electron chi connectivity index (χ1n) is 16.4. The fourth-order valence-corrected chi connectivity index (χ4v) is 15.5. The second-order valence-corrected chi connectivity index (χ2v) is 26.4. The molecule has 0 saturated carbocycles. The average Bonchev–Trinajstić information content (AvgIpc) is 3.55. The molecule has 2 aromatic heterocycles. The van der Waals surface area contributed by atoms with Crippen LogP contribution in [0.5, 0.6) is 0 Å². The predicted molar refractivity (Wildman–Crippen MR) is 178 cm³/mol. The zero-order valence-corrected chi connectivity index (χ0v) is 31.0. The van der Waals surface area contributed by atoms with Crippen molar-refractivity contribution >= 4 is 36.3 Å². The number of aromatic nitrogens is 3. The van der Waals surface area contributed by atoms with E-state index in [1.807, 2.05) is 19.1 Å². The lowest BCUT2D eigenvalue weighted by atomic mass is 9.88. The lowest BCUT2D eigenvalue weighted by Gasteiger charge is -2.48. The van der Waals surface area contributed by atoms with E-state index in [4.69, 9.17) is 23.7 Å². The average molecular weight is 639 g/mol. The fraction of sp³-hybridized carbons (Fsp3) is 0.800. The van der Waals surface area contributed by atoms with Crippen LogP contribution in [-0.4, -0.2) is 69.1 Å². The highest BCUT2D eigenvalue weighted by molar-refractivity contribution is 6.74. The molecular weight excluding hydrogens is 581 g/mol. The normalized spacial score (nSPS) is 25.5. The molecule has 3 N–H and O–H groups in total. The first-order valence-corrected chi connectivity index (χ1v) is 24.0. The van der Waals surface area contributed by atoms with Crippen LogP contribution in [0.4, 0.5) is 5.82 Å². The van der Waals surface area contributed by atoms with Crippen molar-refractivity contribution in [1.82, 2.24) is 14.6 Å². The van der Waals surface area contributed by atoms with Crippen molar-refractivity contribution in [2.45, 2.75) is 147 Å². The Morgan fingerprint density at radius 1 is 0.857 bits per heavy atom. The van der Waals surface area contributed by atoms with Gasteiger partial charge in [-0.25, -0.2) is 9.50 Å². The van der Waals surface area contributed by atoms with Crippen molar-refractivity contribution in [2.75, 3.05) is 12.3 Å². The minimum atomic E-state index is -2.30.